The molecular formula is C16H17N3O6S. The highest BCUT2D eigenvalue weighted by atomic mass is 32.2. The van der Waals surface area contributed by atoms with Crippen LogP contribution in [0.1, 0.15) is 19.6 Å². The second-order valence-corrected chi connectivity index (χ2v) is 6.82. The summed E-state index contributed by atoms with van der Waals surface area (Å²) in [4.78, 5) is 34.9. The summed E-state index contributed by atoms with van der Waals surface area (Å²) >= 11 is 1.18. The van der Waals surface area contributed by atoms with Crippen LogP contribution in [-0.4, -0.2) is 33.3 Å². The number of non-ortho nitro benzene ring substituents is 1. The van der Waals surface area contributed by atoms with Gasteiger partial charge in [-0.1, -0.05) is 5.16 Å². The zero-order chi connectivity index (χ0) is 19.3. The molecule has 2 rings (SSSR count). The smallest absolute Gasteiger partial charge is 0.319 e. The van der Waals surface area contributed by atoms with Crippen molar-refractivity contribution < 1.29 is 23.8 Å². The zero-order valence-electron chi connectivity index (χ0n) is 14.3. The third-order valence-corrected chi connectivity index (χ3v) is 4.32. The number of benzene rings is 1. The molecule has 1 amide bonds. The van der Waals surface area contributed by atoms with Gasteiger partial charge in [0.15, 0.2) is 11.9 Å². The molecule has 0 aliphatic carbocycles. The number of esters is 1. The molecule has 1 aromatic heterocycles. The number of nitrogens with one attached hydrogen (secondary N) is 1. The van der Waals surface area contributed by atoms with Gasteiger partial charge in [0.2, 0.25) is 0 Å². The van der Waals surface area contributed by atoms with E-state index < -0.39 is 28.2 Å². The van der Waals surface area contributed by atoms with Gasteiger partial charge in [0, 0.05) is 23.1 Å². The van der Waals surface area contributed by atoms with Crippen LogP contribution in [0.5, 0.6) is 0 Å². The quantitative estimate of drug-likeness (QED) is 0.337. The van der Waals surface area contributed by atoms with E-state index in [1.54, 1.807) is 32.0 Å². The van der Waals surface area contributed by atoms with Gasteiger partial charge in [-0.2, -0.15) is 0 Å². The summed E-state index contributed by atoms with van der Waals surface area (Å²) in [6, 6.07) is 7.36. The molecule has 0 aliphatic heterocycles. The van der Waals surface area contributed by atoms with E-state index in [2.05, 4.69) is 10.5 Å². The summed E-state index contributed by atoms with van der Waals surface area (Å²) in [7, 11) is 0. The topological polar surface area (TPSA) is 125 Å². The Hall–Kier alpha value is -2.88. The second-order valence-electron chi connectivity index (χ2n) is 5.40. The number of nitro groups is 1. The van der Waals surface area contributed by atoms with E-state index in [1.807, 2.05) is 0 Å². The number of amides is 1. The summed E-state index contributed by atoms with van der Waals surface area (Å²) in [6.07, 6.45) is -1.01. The van der Waals surface area contributed by atoms with E-state index in [4.69, 9.17) is 9.26 Å². The Kier molecular flexibility index (Phi) is 6.34. The fourth-order valence-corrected chi connectivity index (χ4v) is 2.73. The number of carbonyl (C=O) groups excluding carboxylic acids is 2. The van der Waals surface area contributed by atoms with Crippen LogP contribution in [-0.2, 0) is 14.3 Å². The average molecular weight is 379 g/mol. The van der Waals surface area contributed by atoms with Gasteiger partial charge in [-0.15, -0.1) is 11.8 Å². The van der Waals surface area contributed by atoms with Crippen LogP contribution in [0.25, 0.3) is 0 Å². The SMILES string of the molecule is Cc1cc(NC(=O)C(C)OC(=O)C(C)Sc2ccc([N+](=O)[O-])cc2)no1. The van der Waals surface area contributed by atoms with E-state index in [1.165, 1.54) is 30.8 Å². The largest absolute Gasteiger partial charge is 0.452 e. The summed E-state index contributed by atoms with van der Waals surface area (Å²) < 4.78 is 9.98. The Morgan fingerprint density at radius 3 is 2.50 bits per heavy atom. The zero-order valence-corrected chi connectivity index (χ0v) is 15.1. The third-order valence-electron chi connectivity index (χ3n) is 3.23. The Morgan fingerprint density at radius 1 is 1.31 bits per heavy atom. The third kappa shape index (κ3) is 5.31. The Bertz CT molecular complexity index is 805. The molecular weight excluding hydrogens is 362 g/mol. The molecule has 1 heterocycles. The maximum Gasteiger partial charge on any atom is 0.319 e. The van der Waals surface area contributed by atoms with Crippen LogP contribution < -0.4 is 5.32 Å². The van der Waals surface area contributed by atoms with Crippen molar-refractivity contribution in [1.29, 1.82) is 0 Å². The van der Waals surface area contributed by atoms with Crippen molar-refractivity contribution in [2.45, 2.75) is 37.0 Å². The lowest BCUT2D eigenvalue weighted by atomic mass is 10.3. The van der Waals surface area contributed by atoms with Crippen molar-refractivity contribution in [3.63, 3.8) is 0 Å². The van der Waals surface area contributed by atoms with Crippen molar-refractivity contribution in [2.24, 2.45) is 0 Å². The standard InChI is InChI=1S/C16H17N3O6S/c1-9-8-14(18-25-9)17-15(20)10(2)24-16(21)11(3)26-13-6-4-12(5-7-13)19(22)23/h4-8,10-11H,1-3H3,(H,17,18,20). The number of rotatable bonds is 7. The van der Waals surface area contributed by atoms with E-state index in [0.717, 1.165) is 0 Å². The molecule has 2 unspecified atom stereocenters. The Labute approximate surface area is 153 Å². The normalized spacial score (nSPS) is 12.9. The summed E-state index contributed by atoms with van der Waals surface area (Å²) in [6.45, 7) is 4.76. The number of nitro benzene ring substituents is 1. The summed E-state index contributed by atoms with van der Waals surface area (Å²) in [5.74, 6) is -0.326. The number of hydrogen-bond acceptors (Lipinski definition) is 8. The number of aromatic nitrogens is 1. The lowest BCUT2D eigenvalue weighted by Crippen LogP contribution is -2.32. The molecule has 0 saturated carbocycles. The monoisotopic (exact) mass is 379 g/mol. The number of carbonyl (C=O) groups is 2. The fraction of sp³-hybridized carbons (Fsp3) is 0.312. The summed E-state index contributed by atoms with van der Waals surface area (Å²) in [5, 5.41) is 16.2. The van der Waals surface area contributed by atoms with Gasteiger partial charge in [-0.05, 0) is 32.9 Å². The van der Waals surface area contributed by atoms with Gasteiger partial charge in [0.05, 0.1) is 4.92 Å². The van der Waals surface area contributed by atoms with Crippen molar-refractivity contribution in [1.82, 2.24) is 5.16 Å². The van der Waals surface area contributed by atoms with Crippen LogP contribution in [0.3, 0.4) is 0 Å². The highest BCUT2D eigenvalue weighted by Gasteiger charge is 2.23. The minimum atomic E-state index is -1.01. The van der Waals surface area contributed by atoms with Crippen LogP contribution in [0.15, 0.2) is 39.8 Å². The van der Waals surface area contributed by atoms with Crippen molar-refractivity contribution in [3.8, 4) is 0 Å². The van der Waals surface area contributed by atoms with Crippen molar-refractivity contribution in [2.75, 3.05) is 5.32 Å². The molecule has 138 valence electrons. The van der Waals surface area contributed by atoms with Gasteiger partial charge in [0.25, 0.3) is 11.6 Å². The summed E-state index contributed by atoms with van der Waals surface area (Å²) in [5.41, 5.74) is -0.0297. The number of hydrogen-bond donors (Lipinski definition) is 1. The minimum absolute atomic E-state index is 0.0297. The molecule has 9 nitrogen and oxygen atoms in total. The highest BCUT2D eigenvalue weighted by Crippen LogP contribution is 2.26. The first-order valence-electron chi connectivity index (χ1n) is 7.62. The van der Waals surface area contributed by atoms with Gasteiger partial charge < -0.3 is 14.6 Å². The number of nitrogens with zero attached hydrogens (tertiary/aromatic N) is 2. The molecule has 0 fully saturated rings. The van der Waals surface area contributed by atoms with Gasteiger partial charge in [-0.25, -0.2) is 0 Å². The molecule has 1 aromatic carbocycles. The maximum atomic E-state index is 12.1. The molecule has 2 aromatic rings. The number of anilines is 1. The molecule has 0 aliphatic rings. The Morgan fingerprint density at radius 2 is 1.96 bits per heavy atom. The highest BCUT2D eigenvalue weighted by molar-refractivity contribution is 8.00. The second kappa shape index (κ2) is 8.48. The van der Waals surface area contributed by atoms with Gasteiger partial charge in [0.1, 0.15) is 11.0 Å². The van der Waals surface area contributed by atoms with E-state index in [-0.39, 0.29) is 11.5 Å². The average Bonchev–Trinajstić information content (AvgIpc) is 2.99. The molecule has 26 heavy (non-hydrogen) atoms. The molecule has 0 radical (unpaired) electrons. The first-order valence-corrected chi connectivity index (χ1v) is 8.50. The molecule has 2 atom stereocenters. The fourth-order valence-electron chi connectivity index (χ4n) is 1.88. The molecule has 0 bridgehead atoms. The molecule has 1 N–H and O–H groups in total. The molecule has 0 spiro atoms. The number of ether oxygens (including phenoxy) is 1. The minimum Gasteiger partial charge on any atom is -0.452 e. The van der Waals surface area contributed by atoms with Crippen LogP contribution in [0.4, 0.5) is 11.5 Å². The van der Waals surface area contributed by atoms with Crippen LogP contribution in [0.2, 0.25) is 0 Å². The van der Waals surface area contributed by atoms with Crippen LogP contribution >= 0.6 is 11.8 Å². The molecule has 10 heteroatoms. The predicted octanol–water partition coefficient (Wildman–Crippen LogP) is 2.94. The van der Waals surface area contributed by atoms with Gasteiger partial charge >= 0.3 is 5.97 Å². The Balaban J connectivity index is 1.87. The number of aryl methyl sites for hydroxylation is 1. The van der Waals surface area contributed by atoms with E-state index in [9.17, 15) is 19.7 Å². The predicted molar refractivity (Wildman–Crippen MR) is 93.8 cm³/mol. The van der Waals surface area contributed by atoms with Crippen LogP contribution in [0, 0.1) is 17.0 Å². The van der Waals surface area contributed by atoms with Crippen molar-refractivity contribution >= 4 is 35.1 Å². The molecule has 0 saturated heterocycles. The number of thioether (sulfide) groups is 1. The van der Waals surface area contributed by atoms with Crippen molar-refractivity contribution in [3.05, 3.63) is 46.2 Å². The maximum absolute atomic E-state index is 12.1. The first kappa shape index (κ1) is 19.4. The first-order chi connectivity index (χ1) is 12.3. The van der Waals surface area contributed by atoms with Gasteiger partial charge in [-0.3, -0.25) is 19.7 Å². The lowest BCUT2D eigenvalue weighted by Gasteiger charge is -2.15. The van der Waals surface area contributed by atoms with E-state index in [0.29, 0.717) is 10.7 Å². The van der Waals surface area contributed by atoms with E-state index >= 15 is 0 Å². The lowest BCUT2D eigenvalue weighted by molar-refractivity contribution is -0.384.